The maximum absolute atomic E-state index is 5.54. The lowest BCUT2D eigenvalue weighted by molar-refractivity contribution is 0.0339. The van der Waals surface area contributed by atoms with E-state index in [2.05, 4.69) is 28.4 Å². The first-order chi connectivity index (χ1) is 10.8. The topological polar surface area (TPSA) is 33.7 Å². The normalized spacial score (nSPS) is 20.4. The van der Waals surface area contributed by atoms with Crippen LogP contribution in [0.15, 0.2) is 18.2 Å². The van der Waals surface area contributed by atoms with Crippen LogP contribution in [0.4, 0.5) is 0 Å². The lowest BCUT2D eigenvalue weighted by Crippen LogP contribution is -2.35. The number of hydrogen-bond acceptors (Lipinski definition) is 4. The Morgan fingerprint density at radius 1 is 1.23 bits per heavy atom. The first-order valence-corrected chi connectivity index (χ1v) is 8.54. The number of nitrogens with zero attached hydrogens (tertiary/aromatic N) is 1. The van der Waals surface area contributed by atoms with Crippen molar-refractivity contribution in [1.29, 1.82) is 0 Å². The molecule has 0 atom stereocenters. The van der Waals surface area contributed by atoms with Crippen molar-refractivity contribution in [3.63, 3.8) is 0 Å². The zero-order chi connectivity index (χ0) is 15.2. The second kappa shape index (κ2) is 7.95. The minimum absolute atomic E-state index is 0.713. The van der Waals surface area contributed by atoms with E-state index in [0.717, 1.165) is 45.1 Å². The molecule has 2 aliphatic rings. The maximum atomic E-state index is 5.54. The summed E-state index contributed by atoms with van der Waals surface area (Å²) in [5.74, 6) is 0.996. The minimum atomic E-state index is 0.713. The molecule has 1 saturated heterocycles. The number of nitrogens with one attached hydrogen (secondary N) is 1. The molecule has 1 heterocycles. The summed E-state index contributed by atoms with van der Waals surface area (Å²) < 4.78 is 11.0. The molecular weight excluding hydrogens is 276 g/mol. The molecule has 4 nitrogen and oxygen atoms in total. The van der Waals surface area contributed by atoms with Crippen molar-refractivity contribution >= 4 is 0 Å². The van der Waals surface area contributed by atoms with Crippen LogP contribution in [0.25, 0.3) is 0 Å². The number of methoxy groups -OCH3 is 1. The van der Waals surface area contributed by atoms with Crippen molar-refractivity contribution < 1.29 is 9.47 Å². The van der Waals surface area contributed by atoms with Gasteiger partial charge in [-0.25, -0.2) is 0 Å². The van der Waals surface area contributed by atoms with Crippen molar-refractivity contribution in [3.05, 3.63) is 29.3 Å². The first-order valence-electron chi connectivity index (χ1n) is 8.54. The zero-order valence-electron chi connectivity index (χ0n) is 13.6. The molecule has 1 aliphatic carbocycles. The van der Waals surface area contributed by atoms with Crippen molar-refractivity contribution in [2.24, 2.45) is 0 Å². The summed E-state index contributed by atoms with van der Waals surface area (Å²) in [4.78, 5) is 2.44. The lowest BCUT2D eigenvalue weighted by atomic mass is 10.1. The van der Waals surface area contributed by atoms with Crippen molar-refractivity contribution in [3.8, 4) is 5.75 Å². The summed E-state index contributed by atoms with van der Waals surface area (Å²) in [6.45, 7) is 5.60. The second-order valence-electron chi connectivity index (χ2n) is 6.40. The Balaban J connectivity index is 1.62. The van der Waals surface area contributed by atoms with Gasteiger partial charge in [0.25, 0.3) is 0 Å². The van der Waals surface area contributed by atoms with E-state index < -0.39 is 0 Å². The third-order valence-corrected chi connectivity index (χ3v) is 4.79. The molecule has 0 aromatic heterocycles. The number of hydrogen-bond donors (Lipinski definition) is 1. The third kappa shape index (κ3) is 4.22. The van der Waals surface area contributed by atoms with Crippen LogP contribution in [0.3, 0.4) is 0 Å². The summed E-state index contributed by atoms with van der Waals surface area (Å²) in [7, 11) is 1.76. The Morgan fingerprint density at radius 2 is 2.00 bits per heavy atom. The average molecular weight is 304 g/mol. The van der Waals surface area contributed by atoms with Crippen LogP contribution in [-0.4, -0.2) is 44.4 Å². The Kier molecular flexibility index (Phi) is 5.70. The van der Waals surface area contributed by atoms with Gasteiger partial charge in [-0.1, -0.05) is 18.9 Å². The number of morpholine rings is 1. The predicted octanol–water partition coefficient (Wildman–Crippen LogP) is 2.56. The summed E-state index contributed by atoms with van der Waals surface area (Å²) in [6, 6.07) is 7.31. The zero-order valence-corrected chi connectivity index (χ0v) is 13.6. The monoisotopic (exact) mass is 304 g/mol. The highest BCUT2D eigenvalue weighted by Crippen LogP contribution is 2.23. The van der Waals surface area contributed by atoms with E-state index in [-0.39, 0.29) is 0 Å². The fourth-order valence-electron chi connectivity index (χ4n) is 3.46. The van der Waals surface area contributed by atoms with Gasteiger partial charge in [-0.2, -0.15) is 0 Å². The van der Waals surface area contributed by atoms with Crippen LogP contribution in [0.2, 0.25) is 0 Å². The molecule has 1 aromatic carbocycles. The molecule has 1 aliphatic heterocycles. The molecule has 1 N–H and O–H groups in total. The molecule has 2 fully saturated rings. The highest BCUT2D eigenvalue weighted by atomic mass is 16.5. The first kappa shape index (κ1) is 15.8. The van der Waals surface area contributed by atoms with E-state index in [1.54, 1.807) is 7.11 Å². The summed E-state index contributed by atoms with van der Waals surface area (Å²) in [5, 5.41) is 3.69. The lowest BCUT2D eigenvalue weighted by Gasteiger charge is -2.27. The molecule has 1 aromatic rings. The van der Waals surface area contributed by atoms with E-state index in [1.165, 1.54) is 36.8 Å². The smallest absolute Gasteiger partial charge is 0.123 e. The van der Waals surface area contributed by atoms with Crippen LogP contribution in [0, 0.1) is 0 Å². The number of benzene rings is 1. The van der Waals surface area contributed by atoms with Crippen LogP contribution in [0.1, 0.15) is 36.8 Å². The number of rotatable bonds is 6. The van der Waals surface area contributed by atoms with Gasteiger partial charge in [-0.05, 0) is 30.5 Å². The van der Waals surface area contributed by atoms with Gasteiger partial charge < -0.3 is 14.8 Å². The van der Waals surface area contributed by atoms with Gasteiger partial charge in [0.05, 0.1) is 20.3 Å². The Bertz CT molecular complexity index is 466. The van der Waals surface area contributed by atoms with E-state index in [9.17, 15) is 0 Å². The highest BCUT2D eigenvalue weighted by Gasteiger charge is 2.16. The fraction of sp³-hybridized carbons (Fsp3) is 0.667. The Hall–Kier alpha value is -1.10. The van der Waals surface area contributed by atoms with Gasteiger partial charge in [0.1, 0.15) is 5.75 Å². The second-order valence-corrected chi connectivity index (χ2v) is 6.40. The number of ether oxygens (including phenoxy) is 2. The average Bonchev–Trinajstić information content (AvgIpc) is 3.08. The molecule has 4 heteroatoms. The van der Waals surface area contributed by atoms with E-state index in [1.807, 2.05) is 0 Å². The predicted molar refractivity (Wildman–Crippen MR) is 88.2 cm³/mol. The molecule has 0 unspecified atom stereocenters. The van der Waals surface area contributed by atoms with E-state index in [0.29, 0.717) is 6.04 Å². The Labute approximate surface area is 133 Å². The quantitative estimate of drug-likeness (QED) is 0.876. The SMILES string of the molecule is COc1ccc(CNC2CCCC2)cc1CN1CCOCC1. The molecule has 3 rings (SSSR count). The van der Waals surface area contributed by atoms with Gasteiger partial charge in [-0.3, -0.25) is 4.90 Å². The molecule has 122 valence electrons. The van der Waals surface area contributed by atoms with Gasteiger partial charge in [-0.15, -0.1) is 0 Å². The van der Waals surface area contributed by atoms with E-state index in [4.69, 9.17) is 9.47 Å². The molecule has 0 spiro atoms. The molecule has 1 saturated carbocycles. The van der Waals surface area contributed by atoms with Crippen LogP contribution in [0.5, 0.6) is 5.75 Å². The van der Waals surface area contributed by atoms with Crippen molar-refractivity contribution in [2.75, 3.05) is 33.4 Å². The van der Waals surface area contributed by atoms with Crippen LogP contribution < -0.4 is 10.1 Å². The largest absolute Gasteiger partial charge is 0.496 e. The highest BCUT2D eigenvalue weighted by molar-refractivity contribution is 5.37. The van der Waals surface area contributed by atoms with E-state index >= 15 is 0 Å². The minimum Gasteiger partial charge on any atom is -0.496 e. The summed E-state index contributed by atoms with van der Waals surface area (Å²) >= 11 is 0. The fourth-order valence-corrected chi connectivity index (χ4v) is 3.46. The van der Waals surface area contributed by atoms with Gasteiger partial charge in [0, 0.05) is 37.8 Å². The van der Waals surface area contributed by atoms with Gasteiger partial charge in [0.2, 0.25) is 0 Å². The van der Waals surface area contributed by atoms with Crippen LogP contribution >= 0.6 is 0 Å². The van der Waals surface area contributed by atoms with Crippen molar-refractivity contribution in [1.82, 2.24) is 10.2 Å². The third-order valence-electron chi connectivity index (χ3n) is 4.79. The Morgan fingerprint density at radius 3 is 2.73 bits per heavy atom. The molecule has 22 heavy (non-hydrogen) atoms. The van der Waals surface area contributed by atoms with Gasteiger partial charge >= 0.3 is 0 Å². The molecule has 0 bridgehead atoms. The molecule has 0 amide bonds. The molecular formula is C18H28N2O2. The maximum Gasteiger partial charge on any atom is 0.123 e. The van der Waals surface area contributed by atoms with Gasteiger partial charge in [0.15, 0.2) is 0 Å². The van der Waals surface area contributed by atoms with Crippen LogP contribution in [-0.2, 0) is 17.8 Å². The van der Waals surface area contributed by atoms with Crippen molar-refractivity contribution in [2.45, 2.75) is 44.8 Å². The summed E-state index contributed by atoms with van der Waals surface area (Å²) in [6.07, 6.45) is 5.42. The molecule has 0 radical (unpaired) electrons. The summed E-state index contributed by atoms with van der Waals surface area (Å²) in [5.41, 5.74) is 2.64. The standard InChI is InChI=1S/C18H28N2O2/c1-21-18-7-6-15(13-19-17-4-2-3-5-17)12-16(18)14-20-8-10-22-11-9-20/h6-7,12,17,19H,2-5,8-11,13-14H2,1H3.